The van der Waals surface area contributed by atoms with Crippen LogP contribution in [-0.4, -0.2) is 20.4 Å². The first kappa shape index (κ1) is 10.5. The molecule has 1 heteroatoms. The lowest BCUT2D eigenvalue weighted by molar-refractivity contribution is 0.467. The van der Waals surface area contributed by atoms with Crippen LogP contribution in [0.5, 0.6) is 0 Å². The molecule has 0 N–H and O–H groups in total. The van der Waals surface area contributed by atoms with Crippen molar-refractivity contribution in [2.24, 2.45) is 5.41 Å². The second kappa shape index (κ2) is 5.20. The Balaban J connectivity index is 3.20. The Labute approximate surface area is 74.8 Å². The first-order chi connectivity index (χ1) is 4.56. The highest BCUT2D eigenvalue weighted by Crippen LogP contribution is 2.18. The van der Waals surface area contributed by atoms with Gasteiger partial charge in [-0.05, 0) is 6.92 Å². The molecule has 0 spiro atoms. The smallest absolute Gasteiger partial charge is 0.141 e. The monoisotopic (exact) mass is 150 g/mol. The molecule has 0 aliphatic rings. The lowest BCUT2D eigenvalue weighted by Crippen LogP contribution is -2.07. The molecule has 0 aromatic rings. The highest BCUT2D eigenvalue weighted by atomic mass is 24.5. The summed E-state index contributed by atoms with van der Waals surface area (Å²) in [6.07, 6.45) is 4.47. The quantitative estimate of drug-likeness (QED) is 0.329. The lowest BCUT2D eigenvalue weighted by atomic mass is 10.0. The van der Waals surface area contributed by atoms with Gasteiger partial charge < -0.3 is 0 Å². The molecule has 0 aliphatic heterocycles. The molecule has 0 saturated carbocycles. The number of allylic oxidation sites excluding steroid dienone is 2. The minimum Gasteiger partial charge on any atom is -0.141 e. The highest BCUT2D eigenvalue weighted by molar-refractivity contribution is 6.36. The topological polar surface area (TPSA) is 0 Å². The van der Waals surface area contributed by atoms with E-state index in [2.05, 4.69) is 39.8 Å². The molecule has 0 saturated heterocycles. The van der Waals surface area contributed by atoms with E-state index in [0.29, 0.717) is 5.41 Å². The van der Waals surface area contributed by atoms with Crippen molar-refractivity contribution < 1.29 is 0 Å². The van der Waals surface area contributed by atoms with Crippen molar-refractivity contribution in [3.63, 3.8) is 0 Å². The molecule has 0 nitrogen and oxygen atoms in total. The molecule has 0 amide bonds. The molecular formula is C9H18Mg. The summed E-state index contributed by atoms with van der Waals surface area (Å²) in [5, 5.41) is 0. The van der Waals surface area contributed by atoms with E-state index < -0.39 is 0 Å². The van der Waals surface area contributed by atoms with Crippen LogP contribution in [0.15, 0.2) is 12.2 Å². The Kier molecular flexibility index (Phi) is 5.46. The third-order valence-electron chi connectivity index (χ3n) is 1.53. The molecule has 0 aliphatic carbocycles. The molecular weight excluding hydrogens is 132 g/mol. The summed E-state index contributed by atoms with van der Waals surface area (Å²) < 4.78 is 2.85. The van der Waals surface area contributed by atoms with E-state index >= 15 is 0 Å². The van der Waals surface area contributed by atoms with Gasteiger partial charge in [-0.1, -0.05) is 32.3 Å². The molecule has 0 fully saturated rings. The molecule has 10 heavy (non-hydrogen) atoms. The van der Waals surface area contributed by atoms with E-state index in [1.165, 1.54) is 9.10 Å². The Hall–Kier alpha value is 0.506. The maximum Gasteiger partial charge on any atom is 0.370 e. The highest BCUT2D eigenvalue weighted by Gasteiger charge is 2.09. The molecule has 0 radical (unpaired) electrons. The standard InChI is InChI=1S/C5H11.C4H7.Mg/c1-5(2,3)4;1-3-4-2;/h1H2,2-4H3;3-4H,1H2,2H3;/b;4-3+;. The Bertz CT molecular complexity index is 97.8. The molecule has 0 aromatic carbocycles. The van der Waals surface area contributed by atoms with Gasteiger partial charge in [-0.3, -0.25) is 0 Å². The minimum absolute atomic E-state index is 0.209. The first-order valence-corrected chi connectivity index (χ1v) is 6.17. The van der Waals surface area contributed by atoms with Crippen LogP contribution in [0, 0.1) is 5.41 Å². The molecule has 0 aromatic heterocycles. The Morgan fingerprint density at radius 2 is 1.90 bits per heavy atom. The average Bonchev–Trinajstić information content (AvgIpc) is 1.78. The molecule has 0 unspecified atom stereocenters. The summed E-state index contributed by atoms with van der Waals surface area (Å²) in [5.74, 6) is 0. The van der Waals surface area contributed by atoms with Crippen molar-refractivity contribution in [3.8, 4) is 0 Å². The van der Waals surface area contributed by atoms with Crippen LogP contribution in [-0.2, 0) is 0 Å². The SMILES string of the molecule is C/C=C/[CH2][Mg][CH2]C(C)(C)C. The third-order valence-corrected chi connectivity index (χ3v) is 4.13. The zero-order valence-corrected chi connectivity index (χ0v) is 9.19. The second-order valence-corrected chi connectivity index (χ2v) is 5.81. The van der Waals surface area contributed by atoms with E-state index in [0.717, 1.165) is 0 Å². The minimum atomic E-state index is 0.209. The fourth-order valence-electron chi connectivity index (χ4n) is 0.917. The van der Waals surface area contributed by atoms with Crippen molar-refractivity contribution >= 4 is 20.4 Å². The predicted octanol–water partition coefficient (Wildman–Crippen LogP) is 3.15. The van der Waals surface area contributed by atoms with Crippen molar-refractivity contribution in [3.05, 3.63) is 12.2 Å². The van der Waals surface area contributed by atoms with Crippen LogP contribution in [0.1, 0.15) is 27.7 Å². The van der Waals surface area contributed by atoms with Crippen LogP contribution in [0.4, 0.5) is 0 Å². The van der Waals surface area contributed by atoms with Crippen LogP contribution in [0.25, 0.3) is 0 Å². The summed E-state index contributed by atoms with van der Waals surface area (Å²) in [6, 6.07) is 0. The number of hydrogen-bond donors (Lipinski definition) is 0. The summed E-state index contributed by atoms with van der Waals surface area (Å²) >= 11 is 0.209. The number of hydrogen-bond acceptors (Lipinski definition) is 0. The second-order valence-electron chi connectivity index (χ2n) is 4.02. The van der Waals surface area contributed by atoms with E-state index in [-0.39, 0.29) is 20.4 Å². The fourth-order valence-corrected chi connectivity index (χ4v) is 2.75. The largest absolute Gasteiger partial charge is 0.370 e. The van der Waals surface area contributed by atoms with Gasteiger partial charge in [0.2, 0.25) is 0 Å². The van der Waals surface area contributed by atoms with Gasteiger partial charge in [-0.25, -0.2) is 0 Å². The van der Waals surface area contributed by atoms with E-state index in [1.807, 2.05) is 0 Å². The zero-order valence-electron chi connectivity index (χ0n) is 7.78. The Morgan fingerprint density at radius 3 is 2.30 bits per heavy atom. The van der Waals surface area contributed by atoms with Crippen molar-refractivity contribution in [1.29, 1.82) is 0 Å². The predicted molar refractivity (Wildman–Crippen MR) is 49.6 cm³/mol. The van der Waals surface area contributed by atoms with E-state index in [9.17, 15) is 0 Å². The van der Waals surface area contributed by atoms with E-state index in [1.54, 1.807) is 0 Å². The summed E-state index contributed by atoms with van der Waals surface area (Å²) in [4.78, 5) is 0. The molecule has 0 atom stereocenters. The first-order valence-electron chi connectivity index (χ1n) is 4.17. The Morgan fingerprint density at radius 1 is 1.30 bits per heavy atom. The lowest BCUT2D eigenvalue weighted by Gasteiger charge is -2.16. The summed E-state index contributed by atoms with van der Waals surface area (Å²) in [5.41, 5.74) is 0.577. The van der Waals surface area contributed by atoms with Gasteiger partial charge in [0.25, 0.3) is 0 Å². The van der Waals surface area contributed by atoms with Crippen molar-refractivity contribution in [2.75, 3.05) is 0 Å². The maximum absolute atomic E-state index is 2.33. The average molecular weight is 151 g/mol. The van der Waals surface area contributed by atoms with Crippen LogP contribution in [0.3, 0.4) is 0 Å². The van der Waals surface area contributed by atoms with Crippen LogP contribution >= 0.6 is 0 Å². The molecule has 0 bridgehead atoms. The molecule has 0 rings (SSSR count). The van der Waals surface area contributed by atoms with Gasteiger partial charge in [0.1, 0.15) is 0 Å². The van der Waals surface area contributed by atoms with Gasteiger partial charge in [-0.2, -0.15) is 0 Å². The molecule has 56 valence electrons. The van der Waals surface area contributed by atoms with Crippen LogP contribution in [0.2, 0.25) is 9.10 Å². The van der Waals surface area contributed by atoms with E-state index in [4.69, 9.17) is 0 Å². The van der Waals surface area contributed by atoms with Crippen molar-refractivity contribution in [1.82, 2.24) is 0 Å². The zero-order chi connectivity index (χ0) is 8.04. The molecule has 0 heterocycles. The van der Waals surface area contributed by atoms with Crippen LogP contribution < -0.4 is 0 Å². The summed E-state index contributed by atoms with van der Waals surface area (Å²) in [6.45, 7) is 9.09. The maximum atomic E-state index is 2.33. The third kappa shape index (κ3) is 8.51. The van der Waals surface area contributed by atoms with Gasteiger partial charge in [0, 0.05) is 0 Å². The normalized spacial score (nSPS) is 12.0. The summed E-state index contributed by atoms with van der Waals surface area (Å²) in [7, 11) is 0. The van der Waals surface area contributed by atoms with Gasteiger partial charge in [-0.15, -0.1) is 15.2 Å². The van der Waals surface area contributed by atoms with Gasteiger partial charge in [0.05, 0.1) is 0 Å². The fraction of sp³-hybridized carbons (Fsp3) is 0.778. The van der Waals surface area contributed by atoms with Gasteiger partial charge in [0.15, 0.2) is 0 Å². The number of rotatable bonds is 3. The van der Waals surface area contributed by atoms with Crippen molar-refractivity contribution in [2.45, 2.75) is 36.8 Å². The van der Waals surface area contributed by atoms with Gasteiger partial charge >= 0.3 is 20.4 Å².